The van der Waals surface area contributed by atoms with Gasteiger partial charge in [0, 0.05) is 14.1 Å². The highest BCUT2D eigenvalue weighted by atomic mass is 16.2. The largest absolute Gasteiger partial charge is 0.349 e. The minimum absolute atomic E-state index is 0.124. The number of carbonyl (C=O) groups is 1. The van der Waals surface area contributed by atoms with Gasteiger partial charge in [-0.3, -0.25) is 4.79 Å². The lowest BCUT2D eigenvalue weighted by molar-refractivity contribution is -0.127. The van der Waals surface area contributed by atoms with Gasteiger partial charge in [0.25, 0.3) is 0 Å². The topological polar surface area (TPSA) is 20.3 Å². The van der Waals surface area contributed by atoms with Crippen molar-refractivity contribution in [3.05, 3.63) is 17.9 Å². The van der Waals surface area contributed by atoms with E-state index in [9.17, 15) is 4.79 Å². The maximum absolute atomic E-state index is 11.1. The van der Waals surface area contributed by atoms with Crippen LogP contribution >= 0.6 is 0 Å². The monoisotopic (exact) mass is 195 g/mol. The maximum Gasteiger partial charge on any atom is 0.226 e. The molecule has 0 saturated heterocycles. The van der Waals surface area contributed by atoms with E-state index in [1.807, 2.05) is 6.08 Å². The molecule has 0 aromatic rings. The van der Waals surface area contributed by atoms with Crippen molar-refractivity contribution in [3.8, 4) is 0 Å². The molecule has 2 nitrogen and oxygen atoms in total. The molecule has 80 valence electrons. The van der Waals surface area contributed by atoms with Gasteiger partial charge in [-0.15, -0.1) is 5.73 Å². The van der Waals surface area contributed by atoms with Crippen LogP contribution in [0, 0.1) is 0 Å². The third-order valence-electron chi connectivity index (χ3n) is 1.96. The van der Waals surface area contributed by atoms with Gasteiger partial charge in [0.2, 0.25) is 5.91 Å². The van der Waals surface area contributed by atoms with Crippen molar-refractivity contribution in [2.24, 2.45) is 0 Å². The summed E-state index contributed by atoms with van der Waals surface area (Å²) in [6, 6.07) is 0. The summed E-state index contributed by atoms with van der Waals surface area (Å²) in [6.07, 6.45) is 9.08. The molecule has 0 fully saturated rings. The van der Waals surface area contributed by atoms with Gasteiger partial charge >= 0.3 is 0 Å². The Morgan fingerprint density at radius 2 is 2.00 bits per heavy atom. The molecule has 0 unspecified atom stereocenters. The molecule has 0 aliphatic rings. The summed E-state index contributed by atoms with van der Waals surface area (Å²) >= 11 is 0. The zero-order valence-corrected chi connectivity index (χ0v) is 9.55. The van der Waals surface area contributed by atoms with Crippen LogP contribution in [-0.2, 0) is 4.79 Å². The van der Waals surface area contributed by atoms with Crippen LogP contribution in [0.2, 0.25) is 0 Å². The van der Waals surface area contributed by atoms with E-state index in [2.05, 4.69) is 12.7 Å². The zero-order chi connectivity index (χ0) is 10.8. The maximum atomic E-state index is 11.1. The molecule has 1 amide bonds. The van der Waals surface area contributed by atoms with Gasteiger partial charge in [-0.25, -0.2) is 0 Å². The fourth-order valence-corrected chi connectivity index (χ4v) is 0.992. The molecular weight excluding hydrogens is 174 g/mol. The molecule has 0 N–H and O–H groups in total. The van der Waals surface area contributed by atoms with Gasteiger partial charge in [-0.05, 0) is 25.0 Å². The number of unbranched alkanes of at least 4 members (excludes halogenated alkanes) is 3. The van der Waals surface area contributed by atoms with Crippen molar-refractivity contribution in [1.82, 2.24) is 4.90 Å². The molecule has 0 aliphatic heterocycles. The Morgan fingerprint density at radius 3 is 2.57 bits per heavy atom. The van der Waals surface area contributed by atoms with E-state index in [4.69, 9.17) is 0 Å². The smallest absolute Gasteiger partial charge is 0.226 e. The lowest BCUT2D eigenvalue weighted by atomic mass is 10.2. The van der Waals surface area contributed by atoms with E-state index in [1.54, 1.807) is 25.1 Å². The van der Waals surface area contributed by atoms with Crippen molar-refractivity contribution in [3.63, 3.8) is 0 Å². The number of hydrogen-bond acceptors (Lipinski definition) is 1. The first-order valence-electron chi connectivity index (χ1n) is 5.28. The fourth-order valence-electron chi connectivity index (χ4n) is 0.992. The van der Waals surface area contributed by atoms with Crippen LogP contribution in [0.15, 0.2) is 17.9 Å². The molecule has 0 heterocycles. The molecule has 0 rings (SSSR count). The first kappa shape index (κ1) is 13.0. The van der Waals surface area contributed by atoms with Crippen LogP contribution in [0.3, 0.4) is 0 Å². The normalized spacial score (nSPS) is 9.07. The van der Waals surface area contributed by atoms with Crippen molar-refractivity contribution >= 4 is 5.91 Å². The zero-order valence-electron chi connectivity index (χ0n) is 9.55. The fraction of sp³-hybridized carbons (Fsp3) is 0.667. The predicted molar refractivity (Wildman–Crippen MR) is 60.1 cm³/mol. The Bertz CT molecular complexity index is 212. The summed E-state index contributed by atoms with van der Waals surface area (Å²) in [6.45, 7) is 2.19. The molecular formula is C12H21NO. The summed E-state index contributed by atoms with van der Waals surface area (Å²) in [4.78, 5) is 12.7. The number of carbonyl (C=O) groups excluding carboxylic acids is 1. The van der Waals surface area contributed by atoms with Gasteiger partial charge in [0.05, 0.1) is 6.42 Å². The minimum atomic E-state index is 0.124. The minimum Gasteiger partial charge on any atom is -0.349 e. The number of amides is 1. The Balaban J connectivity index is 3.56. The molecule has 2 heteroatoms. The number of nitrogens with zero attached hydrogens (tertiary/aromatic N) is 1. The van der Waals surface area contributed by atoms with Crippen molar-refractivity contribution < 1.29 is 4.79 Å². The molecule has 0 saturated carbocycles. The molecule has 0 atom stereocenters. The average molecular weight is 195 g/mol. The lowest BCUT2D eigenvalue weighted by Crippen LogP contribution is -2.20. The number of hydrogen-bond donors (Lipinski definition) is 0. The second kappa shape index (κ2) is 8.58. The average Bonchev–Trinajstić information content (AvgIpc) is 2.16. The van der Waals surface area contributed by atoms with Crippen LogP contribution in [0.4, 0.5) is 0 Å². The highest BCUT2D eigenvalue weighted by Gasteiger charge is 1.97. The third kappa shape index (κ3) is 7.63. The predicted octanol–water partition coefficient (Wildman–Crippen LogP) is 2.76. The highest BCUT2D eigenvalue weighted by Crippen LogP contribution is 1.98. The van der Waals surface area contributed by atoms with Gasteiger partial charge < -0.3 is 4.90 Å². The summed E-state index contributed by atoms with van der Waals surface area (Å²) in [5.41, 5.74) is 3.03. The van der Waals surface area contributed by atoms with E-state index in [1.165, 1.54) is 19.3 Å². The van der Waals surface area contributed by atoms with Crippen molar-refractivity contribution in [1.29, 1.82) is 0 Å². The molecule has 0 bridgehead atoms. The first-order valence-corrected chi connectivity index (χ1v) is 5.28. The van der Waals surface area contributed by atoms with Crippen molar-refractivity contribution in [2.45, 2.75) is 39.0 Å². The Morgan fingerprint density at radius 1 is 1.29 bits per heavy atom. The van der Waals surface area contributed by atoms with Gasteiger partial charge in [-0.1, -0.05) is 19.8 Å². The van der Waals surface area contributed by atoms with E-state index in [-0.39, 0.29) is 5.91 Å². The van der Waals surface area contributed by atoms with Crippen LogP contribution in [0.25, 0.3) is 0 Å². The molecule has 0 spiro atoms. The quantitative estimate of drug-likeness (QED) is 0.471. The summed E-state index contributed by atoms with van der Waals surface area (Å²) in [7, 11) is 3.53. The lowest BCUT2D eigenvalue weighted by Gasteiger charge is -2.06. The van der Waals surface area contributed by atoms with Crippen LogP contribution < -0.4 is 0 Å². The van der Waals surface area contributed by atoms with E-state index >= 15 is 0 Å². The van der Waals surface area contributed by atoms with E-state index < -0.39 is 0 Å². The van der Waals surface area contributed by atoms with E-state index in [0.29, 0.717) is 6.42 Å². The second-order valence-corrected chi connectivity index (χ2v) is 3.56. The van der Waals surface area contributed by atoms with Gasteiger partial charge in [0.1, 0.15) is 0 Å². The van der Waals surface area contributed by atoms with Crippen molar-refractivity contribution in [2.75, 3.05) is 14.1 Å². The summed E-state index contributed by atoms with van der Waals surface area (Å²) < 4.78 is 0. The van der Waals surface area contributed by atoms with Gasteiger partial charge in [0.15, 0.2) is 0 Å². The van der Waals surface area contributed by atoms with Crippen LogP contribution in [-0.4, -0.2) is 24.9 Å². The molecule has 0 aliphatic carbocycles. The second-order valence-electron chi connectivity index (χ2n) is 3.56. The third-order valence-corrected chi connectivity index (χ3v) is 1.96. The van der Waals surface area contributed by atoms with Gasteiger partial charge in [-0.2, -0.15) is 0 Å². The first-order chi connectivity index (χ1) is 6.68. The molecule has 14 heavy (non-hydrogen) atoms. The molecule has 0 aromatic carbocycles. The Hall–Kier alpha value is -1.01. The highest BCUT2D eigenvalue weighted by molar-refractivity contribution is 5.76. The Kier molecular flexibility index (Phi) is 7.96. The number of rotatable bonds is 6. The van der Waals surface area contributed by atoms with Crippen LogP contribution in [0.1, 0.15) is 39.0 Å². The Labute approximate surface area is 87.3 Å². The molecule has 0 radical (unpaired) electrons. The molecule has 0 aromatic heterocycles. The SMILES string of the molecule is CCCCCC=C=CCC(=O)N(C)C. The van der Waals surface area contributed by atoms with Crippen LogP contribution in [0.5, 0.6) is 0 Å². The standard InChI is InChI=1S/C12H21NO/c1-4-5-6-7-8-9-10-11-12(14)13(2)3/h8,10H,4-7,11H2,1-3H3. The summed E-state index contributed by atoms with van der Waals surface area (Å²) in [5.74, 6) is 0.124. The van der Waals surface area contributed by atoms with E-state index in [0.717, 1.165) is 6.42 Å². The summed E-state index contributed by atoms with van der Waals surface area (Å²) in [5, 5.41) is 0.